The van der Waals surface area contributed by atoms with Crippen LogP contribution >= 0.6 is 0 Å². The Morgan fingerprint density at radius 3 is 2.16 bits per heavy atom. The van der Waals surface area contributed by atoms with Crippen LogP contribution in [0.5, 0.6) is 0 Å². The van der Waals surface area contributed by atoms with Crippen molar-refractivity contribution in [1.29, 1.82) is 0 Å². The number of ether oxygens (including phenoxy) is 3. The predicted molar refractivity (Wildman–Crippen MR) is 136 cm³/mol. The lowest BCUT2D eigenvalue weighted by molar-refractivity contribution is -0.144. The minimum Gasteiger partial charge on any atom is -0.467 e. The molecule has 0 spiro atoms. The molecule has 0 saturated heterocycles. The van der Waals surface area contributed by atoms with Gasteiger partial charge in [0.1, 0.15) is 25.3 Å². The third-order valence-electron chi connectivity index (χ3n) is 5.90. The second-order valence-electron chi connectivity index (χ2n) is 8.38. The molecule has 3 amide bonds. The normalized spacial score (nSPS) is 13.2. The molecule has 0 saturated carbocycles. The minimum atomic E-state index is -1.09. The van der Waals surface area contributed by atoms with Gasteiger partial charge in [0.25, 0.3) is 0 Å². The van der Waals surface area contributed by atoms with E-state index in [1.807, 2.05) is 48.5 Å². The van der Waals surface area contributed by atoms with Gasteiger partial charge < -0.3 is 30.2 Å². The lowest BCUT2D eigenvalue weighted by Crippen LogP contribution is -2.52. The summed E-state index contributed by atoms with van der Waals surface area (Å²) in [5.41, 5.74) is 4.30. The van der Waals surface area contributed by atoms with Gasteiger partial charge in [0, 0.05) is 12.5 Å². The number of benzene rings is 2. The zero-order chi connectivity index (χ0) is 26.8. The third kappa shape index (κ3) is 7.09. The second-order valence-corrected chi connectivity index (χ2v) is 8.38. The van der Waals surface area contributed by atoms with Gasteiger partial charge >= 0.3 is 18.2 Å². The highest BCUT2D eigenvalue weighted by Gasteiger charge is 2.30. The van der Waals surface area contributed by atoms with E-state index in [1.165, 1.54) is 20.1 Å². The van der Waals surface area contributed by atoms with E-state index in [4.69, 9.17) is 9.47 Å². The average Bonchev–Trinajstić information content (AvgIpc) is 3.23. The van der Waals surface area contributed by atoms with Crippen LogP contribution in [-0.2, 0) is 23.8 Å². The van der Waals surface area contributed by atoms with Crippen LogP contribution in [-0.4, -0.2) is 63.0 Å². The fourth-order valence-corrected chi connectivity index (χ4v) is 4.11. The summed E-state index contributed by atoms with van der Waals surface area (Å²) < 4.78 is 15.0. The number of rotatable bonds is 11. The minimum absolute atomic E-state index is 0.0182. The first-order chi connectivity index (χ1) is 17.8. The molecule has 1 aliphatic carbocycles. The van der Waals surface area contributed by atoms with Crippen LogP contribution in [0.4, 0.5) is 9.59 Å². The Kier molecular flexibility index (Phi) is 9.65. The van der Waals surface area contributed by atoms with Gasteiger partial charge in [-0.2, -0.15) is 0 Å². The SMILES string of the molecule is C=CCOC(=O)NCC[C@H](NC(=O)OCC1c2ccccc2-c2ccccc21)C(=O)N[C@@H](C)C(=O)OC. The molecule has 2 aromatic carbocycles. The van der Waals surface area contributed by atoms with Crippen LogP contribution in [0.3, 0.4) is 0 Å². The zero-order valence-corrected chi connectivity index (χ0v) is 20.8. The summed E-state index contributed by atoms with van der Waals surface area (Å²) >= 11 is 0. The Balaban J connectivity index is 1.63. The van der Waals surface area contributed by atoms with E-state index in [0.717, 1.165) is 22.3 Å². The van der Waals surface area contributed by atoms with Crippen molar-refractivity contribution in [2.45, 2.75) is 31.3 Å². The number of fused-ring (bicyclic) bond motifs is 3. The molecule has 0 bridgehead atoms. The lowest BCUT2D eigenvalue weighted by atomic mass is 9.98. The molecule has 10 heteroatoms. The van der Waals surface area contributed by atoms with E-state index in [2.05, 4.69) is 27.3 Å². The molecule has 3 N–H and O–H groups in total. The van der Waals surface area contributed by atoms with Crippen molar-refractivity contribution in [2.75, 3.05) is 26.9 Å². The Hall–Kier alpha value is -4.34. The van der Waals surface area contributed by atoms with E-state index in [0.29, 0.717) is 0 Å². The van der Waals surface area contributed by atoms with Crippen LogP contribution in [0.1, 0.15) is 30.4 Å². The molecular weight excluding hydrogens is 478 g/mol. The van der Waals surface area contributed by atoms with E-state index < -0.39 is 36.1 Å². The molecule has 0 aromatic heterocycles. The van der Waals surface area contributed by atoms with Crippen molar-refractivity contribution in [2.24, 2.45) is 0 Å². The summed E-state index contributed by atoms with van der Waals surface area (Å²) in [7, 11) is 1.20. The highest BCUT2D eigenvalue weighted by atomic mass is 16.6. The van der Waals surface area contributed by atoms with Crippen molar-refractivity contribution < 1.29 is 33.4 Å². The van der Waals surface area contributed by atoms with Crippen molar-refractivity contribution in [1.82, 2.24) is 16.0 Å². The van der Waals surface area contributed by atoms with Gasteiger partial charge in [-0.05, 0) is 35.6 Å². The van der Waals surface area contributed by atoms with Gasteiger partial charge in [-0.15, -0.1) is 0 Å². The first-order valence-corrected chi connectivity index (χ1v) is 11.9. The second kappa shape index (κ2) is 13.1. The fraction of sp³-hybridized carbons (Fsp3) is 0.333. The molecular formula is C27H31N3O7. The molecule has 0 radical (unpaired) electrons. The summed E-state index contributed by atoms with van der Waals surface area (Å²) in [4.78, 5) is 48.9. The Labute approximate surface area is 215 Å². The van der Waals surface area contributed by atoms with Gasteiger partial charge in [-0.1, -0.05) is 61.2 Å². The number of amides is 3. The number of alkyl carbamates (subject to hydrolysis) is 2. The number of hydrogen-bond donors (Lipinski definition) is 3. The Morgan fingerprint density at radius 2 is 1.57 bits per heavy atom. The van der Waals surface area contributed by atoms with E-state index >= 15 is 0 Å². The van der Waals surface area contributed by atoms with Gasteiger partial charge in [0.05, 0.1) is 7.11 Å². The monoisotopic (exact) mass is 509 g/mol. The highest BCUT2D eigenvalue weighted by Crippen LogP contribution is 2.44. The molecule has 0 heterocycles. The standard InChI is InChI=1S/C27H31N3O7/c1-4-15-36-26(33)28-14-13-23(24(31)29-17(2)25(32)35-3)30-27(34)37-16-22-20-11-7-5-9-18(20)19-10-6-8-12-21(19)22/h4-12,17,22-23H,1,13-16H2,2-3H3,(H,28,33)(H,29,31)(H,30,34)/t17-,23-/m0/s1. The van der Waals surface area contributed by atoms with Gasteiger partial charge in [0.15, 0.2) is 0 Å². The maximum absolute atomic E-state index is 12.8. The quantitative estimate of drug-likeness (QED) is 0.241. The topological polar surface area (TPSA) is 132 Å². The van der Waals surface area contributed by atoms with Gasteiger partial charge in [-0.25, -0.2) is 14.4 Å². The van der Waals surface area contributed by atoms with Crippen LogP contribution in [0, 0.1) is 0 Å². The summed E-state index contributed by atoms with van der Waals surface area (Å²) in [6.45, 7) is 5.04. The Bertz CT molecular complexity index is 1100. The van der Waals surface area contributed by atoms with E-state index in [9.17, 15) is 19.2 Å². The molecule has 3 rings (SSSR count). The summed E-state index contributed by atoms with van der Waals surface area (Å²) in [5, 5.41) is 7.51. The summed E-state index contributed by atoms with van der Waals surface area (Å²) in [6, 6.07) is 13.8. The van der Waals surface area contributed by atoms with Crippen molar-refractivity contribution >= 4 is 24.1 Å². The maximum atomic E-state index is 12.8. The lowest BCUT2D eigenvalue weighted by Gasteiger charge is -2.21. The molecule has 0 unspecified atom stereocenters. The van der Waals surface area contributed by atoms with Gasteiger partial charge in [0.2, 0.25) is 5.91 Å². The highest BCUT2D eigenvalue weighted by molar-refractivity contribution is 5.89. The van der Waals surface area contributed by atoms with E-state index in [1.54, 1.807) is 0 Å². The van der Waals surface area contributed by atoms with Crippen LogP contribution in [0.2, 0.25) is 0 Å². The number of carbonyl (C=O) groups excluding carboxylic acids is 4. The first kappa shape index (κ1) is 27.3. The average molecular weight is 510 g/mol. The van der Waals surface area contributed by atoms with Crippen molar-refractivity contribution in [3.63, 3.8) is 0 Å². The number of methoxy groups -OCH3 is 1. The summed E-state index contributed by atoms with van der Waals surface area (Å²) in [6.07, 6.45) is -0.0550. The number of hydrogen-bond acceptors (Lipinski definition) is 7. The van der Waals surface area contributed by atoms with E-state index in [-0.39, 0.29) is 32.1 Å². The third-order valence-corrected chi connectivity index (χ3v) is 5.90. The molecule has 196 valence electrons. The molecule has 10 nitrogen and oxygen atoms in total. The molecule has 0 aliphatic heterocycles. The molecule has 0 fully saturated rings. The Morgan fingerprint density at radius 1 is 0.946 bits per heavy atom. The van der Waals surface area contributed by atoms with Crippen molar-refractivity contribution in [3.05, 3.63) is 72.3 Å². The largest absolute Gasteiger partial charge is 0.467 e. The smallest absolute Gasteiger partial charge is 0.407 e. The van der Waals surface area contributed by atoms with Crippen LogP contribution in [0.15, 0.2) is 61.2 Å². The van der Waals surface area contributed by atoms with Crippen molar-refractivity contribution in [3.8, 4) is 11.1 Å². The molecule has 2 aromatic rings. The summed E-state index contributed by atoms with van der Waals surface area (Å²) in [5.74, 6) is -1.42. The predicted octanol–water partition coefficient (Wildman–Crippen LogP) is 2.87. The number of nitrogens with one attached hydrogen (secondary N) is 3. The molecule has 37 heavy (non-hydrogen) atoms. The number of esters is 1. The molecule has 1 aliphatic rings. The first-order valence-electron chi connectivity index (χ1n) is 11.9. The van der Waals surface area contributed by atoms with Crippen LogP contribution in [0.25, 0.3) is 11.1 Å². The fourth-order valence-electron chi connectivity index (χ4n) is 4.11. The van der Waals surface area contributed by atoms with Crippen LogP contribution < -0.4 is 16.0 Å². The molecule has 2 atom stereocenters. The zero-order valence-electron chi connectivity index (χ0n) is 20.8. The van der Waals surface area contributed by atoms with Gasteiger partial charge in [-0.3, -0.25) is 4.79 Å². The maximum Gasteiger partial charge on any atom is 0.407 e. The number of carbonyl (C=O) groups is 4.